The van der Waals surface area contributed by atoms with Gasteiger partial charge in [-0.25, -0.2) is 0 Å². The summed E-state index contributed by atoms with van der Waals surface area (Å²) in [5.74, 6) is 0. The maximum Gasteiger partial charge on any atom is 0.136 e. The van der Waals surface area contributed by atoms with E-state index in [1.165, 1.54) is 120 Å². The summed E-state index contributed by atoms with van der Waals surface area (Å²) in [6.07, 6.45) is 0. The Labute approximate surface area is 495 Å². The average Bonchev–Trinajstić information content (AvgIpc) is 1.23. The van der Waals surface area contributed by atoms with Crippen molar-refractivity contribution in [2.45, 2.75) is 0 Å². The van der Waals surface area contributed by atoms with Gasteiger partial charge in [-0.2, -0.15) is 0 Å². The third-order valence-corrected chi connectivity index (χ3v) is 18.3. The number of hydrogen-bond donors (Lipinski definition) is 0. The van der Waals surface area contributed by atoms with Crippen molar-refractivity contribution in [1.82, 2.24) is 0 Å². The summed E-state index contributed by atoms with van der Waals surface area (Å²) in [6.45, 7) is 0. The van der Waals surface area contributed by atoms with Crippen LogP contribution in [-0.4, -0.2) is 0 Å². The Morgan fingerprint density at radius 1 is 0.163 bits per heavy atom. The molecule has 2 nitrogen and oxygen atoms in total. The average molecular weight is 1090 g/mol. The number of fused-ring (bicyclic) bond motifs is 12. The Bertz CT molecular complexity index is 5700. The summed E-state index contributed by atoms with van der Waals surface area (Å²) < 4.78 is 13.0. The van der Waals surface area contributed by atoms with Crippen molar-refractivity contribution in [2.75, 3.05) is 0 Å². The largest absolute Gasteiger partial charge is 0.456 e. The fraction of sp³-hybridized carbons (Fsp3) is 0. The van der Waals surface area contributed by atoms with Crippen LogP contribution in [0.15, 0.2) is 312 Å². The first-order valence-electron chi connectivity index (χ1n) is 29.6. The fourth-order valence-corrected chi connectivity index (χ4v) is 14.5. The Morgan fingerprint density at radius 3 is 1.17 bits per heavy atom. The van der Waals surface area contributed by atoms with E-state index in [0.29, 0.717) is 0 Å². The quantitative estimate of drug-likeness (QED) is 0.149. The molecule has 2 aromatic heterocycles. The van der Waals surface area contributed by atoms with E-state index >= 15 is 0 Å². The Balaban J connectivity index is 0.697. The topological polar surface area (TPSA) is 26.3 Å². The lowest BCUT2D eigenvalue weighted by Crippen LogP contribution is -1.92. The molecule has 0 amide bonds. The lowest BCUT2D eigenvalue weighted by molar-refractivity contribution is 0.668. The smallest absolute Gasteiger partial charge is 0.136 e. The molecule has 0 atom stereocenters. The highest BCUT2D eigenvalue weighted by molar-refractivity contribution is 6.26. The molecule has 0 aliphatic carbocycles. The minimum Gasteiger partial charge on any atom is -0.456 e. The van der Waals surface area contributed by atoms with Crippen LogP contribution in [0.25, 0.3) is 186 Å². The maximum atomic E-state index is 6.73. The monoisotopic (exact) mass is 1090 g/mol. The predicted molar refractivity (Wildman–Crippen MR) is 364 cm³/mol. The van der Waals surface area contributed by atoms with Crippen molar-refractivity contribution in [3.63, 3.8) is 0 Å². The molecule has 0 aliphatic heterocycles. The third-order valence-electron chi connectivity index (χ3n) is 18.3. The van der Waals surface area contributed by atoms with E-state index < -0.39 is 0 Å². The second-order valence-electron chi connectivity index (χ2n) is 22.9. The normalized spacial score (nSPS) is 12.0. The van der Waals surface area contributed by atoms with E-state index in [1.54, 1.807) is 0 Å². The van der Waals surface area contributed by atoms with Crippen LogP contribution in [0.5, 0.6) is 0 Å². The van der Waals surface area contributed by atoms with Crippen molar-refractivity contribution in [3.05, 3.63) is 303 Å². The third kappa shape index (κ3) is 7.40. The first kappa shape index (κ1) is 48.2. The van der Waals surface area contributed by atoms with Gasteiger partial charge in [0.05, 0.1) is 0 Å². The first-order chi connectivity index (χ1) is 42.7. The van der Waals surface area contributed by atoms with Gasteiger partial charge in [-0.1, -0.05) is 267 Å². The SMILES string of the molecule is c1ccc2c(-c3c4ccccc4c(-c4ccc(-c5ccc6oc7cc(-c8ccc(-c9c%10ccccc%10c(-c%10ccc(-c%11cccc%12oc%13ccccc%13c%11%12)cc%10)c%10ccccc9%10)c9ccccc89)ccc7c6c5)cc4)c4ccccc34)cccc2c1. The van der Waals surface area contributed by atoms with Crippen LogP contribution in [0.4, 0.5) is 0 Å². The molecule has 0 N–H and O–H groups in total. The standard InChI is InChI=1S/C84H50O2/c1-2-19-58-52(17-1)18-15-32-64(58)82-69-26-9-5-22-65(69)80(66-23-6-10-27-70(66)82)54-39-35-51(36-40-54)56-44-48-77-75(49-56)63-45-43-57(50-79(63)86-77)59-46-47-73(62-21-4-3-20-61(59)62)83-71-28-11-7-24-67(71)81(68-25-8-12-29-72(68)83)55-41-37-53(38-42-55)60-31-16-34-78-84(60)74-30-13-14-33-76(74)85-78/h1-50H. The minimum absolute atomic E-state index is 0.872. The van der Waals surface area contributed by atoms with Crippen LogP contribution >= 0.6 is 0 Å². The molecule has 0 spiro atoms. The Morgan fingerprint density at radius 2 is 0.558 bits per heavy atom. The number of furan rings is 2. The Kier molecular flexibility index (Phi) is 10.7. The first-order valence-corrected chi connectivity index (χ1v) is 29.6. The van der Waals surface area contributed by atoms with Gasteiger partial charge in [0.1, 0.15) is 22.3 Å². The zero-order valence-corrected chi connectivity index (χ0v) is 46.7. The molecular formula is C84H50O2. The van der Waals surface area contributed by atoms with Gasteiger partial charge in [-0.3, -0.25) is 0 Å². The van der Waals surface area contributed by atoms with Gasteiger partial charge < -0.3 is 8.83 Å². The van der Waals surface area contributed by atoms with E-state index in [9.17, 15) is 0 Å². The highest BCUT2D eigenvalue weighted by Crippen LogP contribution is 2.49. The number of para-hydroxylation sites is 1. The molecule has 0 radical (unpaired) electrons. The van der Waals surface area contributed by atoms with Gasteiger partial charge in [0.25, 0.3) is 0 Å². The van der Waals surface area contributed by atoms with Crippen LogP contribution < -0.4 is 0 Å². The van der Waals surface area contributed by atoms with E-state index in [4.69, 9.17) is 8.83 Å². The van der Waals surface area contributed by atoms with Crippen molar-refractivity contribution < 1.29 is 8.83 Å². The van der Waals surface area contributed by atoms with Crippen LogP contribution in [-0.2, 0) is 0 Å². The zero-order chi connectivity index (χ0) is 56.4. The van der Waals surface area contributed by atoms with Gasteiger partial charge in [0.15, 0.2) is 0 Å². The zero-order valence-electron chi connectivity index (χ0n) is 46.7. The van der Waals surface area contributed by atoms with Crippen LogP contribution in [0.1, 0.15) is 0 Å². The fourth-order valence-electron chi connectivity index (χ4n) is 14.5. The highest BCUT2D eigenvalue weighted by atomic mass is 16.3. The van der Waals surface area contributed by atoms with Crippen molar-refractivity contribution in [2.24, 2.45) is 0 Å². The second-order valence-corrected chi connectivity index (χ2v) is 22.9. The summed E-state index contributed by atoms with van der Waals surface area (Å²) in [5.41, 5.74) is 20.3. The van der Waals surface area contributed by atoms with Crippen molar-refractivity contribution in [1.29, 1.82) is 0 Å². The highest BCUT2D eigenvalue weighted by Gasteiger charge is 2.22. The Hall–Kier alpha value is -11.3. The summed E-state index contributed by atoms with van der Waals surface area (Å²) in [4.78, 5) is 0. The molecule has 2 heterocycles. The van der Waals surface area contributed by atoms with Gasteiger partial charge in [-0.15, -0.1) is 0 Å². The van der Waals surface area contributed by atoms with E-state index in [0.717, 1.165) is 66.1 Å². The summed E-state index contributed by atoms with van der Waals surface area (Å²) in [5, 5.41) is 19.3. The molecule has 16 aromatic carbocycles. The van der Waals surface area contributed by atoms with E-state index in [1.807, 2.05) is 12.1 Å². The summed E-state index contributed by atoms with van der Waals surface area (Å²) in [6, 6.07) is 111. The van der Waals surface area contributed by atoms with Crippen molar-refractivity contribution in [3.8, 4) is 77.9 Å². The molecule has 18 rings (SSSR count). The number of rotatable bonds is 7. The molecule has 2 heteroatoms. The van der Waals surface area contributed by atoms with Gasteiger partial charge in [-0.05, 0) is 179 Å². The number of hydrogen-bond acceptors (Lipinski definition) is 2. The molecule has 0 aliphatic rings. The van der Waals surface area contributed by atoms with Gasteiger partial charge in [0.2, 0.25) is 0 Å². The van der Waals surface area contributed by atoms with E-state index in [2.05, 4.69) is 291 Å². The lowest BCUT2D eigenvalue weighted by Gasteiger charge is -2.20. The van der Waals surface area contributed by atoms with Crippen LogP contribution in [0.3, 0.4) is 0 Å². The molecule has 18 aromatic rings. The molecule has 0 bridgehead atoms. The second kappa shape index (κ2) is 19.1. The number of benzene rings is 16. The molecule has 86 heavy (non-hydrogen) atoms. The van der Waals surface area contributed by atoms with Crippen molar-refractivity contribution >= 4 is 109 Å². The molecular weight excluding hydrogens is 1040 g/mol. The molecule has 0 unspecified atom stereocenters. The molecule has 0 saturated carbocycles. The predicted octanol–water partition coefficient (Wildman–Crippen LogP) is 24.1. The summed E-state index contributed by atoms with van der Waals surface area (Å²) >= 11 is 0. The lowest BCUT2D eigenvalue weighted by atomic mass is 9.83. The molecule has 0 fully saturated rings. The summed E-state index contributed by atoms with van der Waals surface area (Å²) in [7, 11) is 0. The van der Waals surface area contributed by atoms with Gasteiger partial charge in [0, 0.05) is 21.5 Å². The van der Waals surface area contributed by atoms with Crippen LogP contribution in [0, 0.1) is 0 Å². The maximum absolute atomic E-state index is 6.73. The molecule has 398 valence electrons. The van der Waals surface area contributed by atoms with E-state index in [-0.39, 0.29) is 0 Å². The van der Waals surface area contributed by atoms with Gasteiger partial charge >= 0.3 is 0 Å². The minimum atomic E-state index is 0.872. The molecule has 0 saturated heterocycles. The van der Waals surface area contributed by atoms with Crippen LogP contribution in [0.2, 0.25) is 0 Å².